The van der Waals surface area contributed by atoms with Gasteiger partial charge in [-0.05, 0) is 29.7 Å². The van der Waals surface area contributed by atoms with E-state index in [9.17, 15) is 14.9 Å². The van der Waals surface area contributed by atoms with Crippen LogP contribution in [0.3, 0.4) is 0 Å². The molecule has 0 bridgehead atoms. The third-order valence-corrected chi connectivity index (χ3v) is 3.80. The zero-order valence-electron chi connectivity index (χ0n) is 11.7. The third-order valence-electron chi connectivity index (χ3n) is 3.80. The van der Waals surface area contributed by atoms with Gasteiger partial charge in [-0.15, -0.1) is 0 Å². The number of nitrogens with zero attached hydrogens (tertiary/aromatic N) is 4. The number of likely N-dealkylation sites (N-methyl/N-ethyl adjacent to an activating group) is 1. The highest BCUT2D eigenvalue weighted by Crippen LogP contribution is 2.22. The summed E-state index contributed by atoms with van der Waals surface area (Å²) in [6.07, 6.45) is 8.34. The minimum atomic E-state index is -0.556. The minimum absolute atomic E-state index is 0.00620. The molecule has 0 atom stereocenters. The molecule has 0 aromatic carbocycles. The Labute approximate surface area is 117 Å². The topological polar surface area (TPSA) is 81.3 Å². The highest BCUT2D eigenvalue weighted by Gasteiger charge is 2.24. The van der Waals surface area contributed by atoms with Crippen LogP contribution in [0.15, 0.2) is 12.5 Å². The Hall–Kier alpha value is -1.92. The van der Waals surface area contributed by atoms with E-state index < -0.39 is 4.92 Å². The Balaban J connectivity index is 1.99. The van der Waals surface area contributed by atoms with Crippen LogP contribution in [0.4, 0.5) is 5.82 Å². The molecule has 1 heterocycles. The molecule has 1 saturated carbocycles. The average Bonchev–Trinajstić information content (AvgIpc) is 2.89. The molecule has 1 aromatic heterocycles. The standard InChI is InChI=1S/C13H20N4O3/c1-2-16(11-6-4-3-5-7-11)13(18)9-15-8-12(14-10-15)17(19)20/h8,10-11H,2-7,9H2,1H3. The summed E-state index contributed by atoms with van der Waals surface area (Å²) in [5.41, 5.74) is 0. The molecule has 0 saturated heterocycles. The number of hydrogen-bond donors (Lipinski definition) is 0. The first-order valence-electron chi connectivity index (χ1n) is 7.07. The second-order valence-corrected chi connectivity index (χ2v) is 5.13. The molecule has 0 aliphatic heterocycles. The number of hydrogen-bond acceptors (Lipinski definition) is 4. The summed E-state index contributed by atoms with van der Waals surface area (Å²) in [6, 6.07) is 0.319. The smallest absolute Gasteiger partial charge is 0.358 e. The van der Waals surface area contributed by atoms with Gasteiger partial charge in [0, 0.05) is 12.6 Å². The molecule has 1 amide bonds. The van der Waals surface area contributed by atoms with Crippen LogP contribution >= 0.6 is 0 Å². The van der Waals surface area contributed by atoms with Crippen LogP contribution in [0, 0.1) is 10.1 Å². The first kappa shape index (κ1) is 14.5. The van der Waals surface area contributed by atoms with Crippen molar-refractivity contribution in [3.63, 3.8) is 0 Å². The number of carbonyl (C=O) groups is 1. The highest BCUT2D eigenvalue weighted by molar-refractivity contribution is 5.76. The van der Waals surface area contributed by atoms with Crippen molar-refractivity contribution in [1.29, 1.82) is 0 Å². The Morgan fingerprint density at radius 1 is 1.50 bits per heavy atom. The lowest BCUT2D eigenvalue weighted by Crippen LogP contribution is -2.42. The summed E-state index contributed by atoms with van der Waals surface area (Å²) in [5, 5.41) is 10.6. The fourth-order valence-electron chi connectivity index (χ4n) is 2.81. The van der Waals surface area contributed by atoms with Gasteiger partial charge in [-0.2, -0.15) is 0 Å². The summed E-state index contributed by atoms with van der Waals surface area (Å²) in [6.45, 7) is 2.77. The van der Waals surface area contributed by atoms with E-state index in [1.165, 1.54) is 36.4 Å². The second kappa shape index (κ2) is 6.49. The van der Waals surface area contributed by atoms with Gasteiger partial charge < -0.3 is 19.6 Å². The summed E-state index contributed by atoms with van der Waals surface area (Å²) < 4.78 is 1.48. The lowest BCUT2D eigenvalue weighted by Gasteiger charge is -2.33. The lowest BCUT2D eigenvalue weighted by atomic mass is 9.94. The van der Waals surface area contributed by atoms with Crippen molar-refractivity contribution >= 4 is 11.7 Å². The SMILES string of the molecule is CCN(C(=O)Cn1cnc([N+](=O)[O-])c1)C1CCCCC1. The van der Waals surface area contributed by atoms with Crippen LogP contribution in [-0.2, 0) is 11.3 Å². The molecule has 1 aliphatic rings. The third kappa shape index (κ3) is 3.34. The van der Waals surface area contributed by atoms with E-state index in [1.54, 1.807) is 0 Å². The minimum Gasteiger partial charge on any atom is -0.358 e. The Morgan fingerprint density at radius 2 is 2.20 bits per heavy atom. The average molecular weight is 280 g/mol. The summed E-state index contributed by atoms with van der Waals surface area (Å²) in [4.78, 5) is 27.9. The van der Waals surface area contributed by atoms with Gasteiger partial charge in [-0.1, -0.05) is 19.3 Å². The summed E-state index contributed by atoms with van der Waals surface area (Å²) in [7, 11) is 0. The van der Waals surface area contributed by atoms with Crippen LogP contribution in [0.2, 0.25) is 0 Å². The van der Waals surface area contributed by atoms with Gasteiger partial charge >= 0.3 is 5.82 Å². The number of imidazole rings is 1. The number of amides is 1. The summed E-state index contributed by atoms with van der Waals surface area (Å²) >= 11 is 0. The molecule has 0 radical (unpaired) electrons. The van der Waals surface area contributed by atoms with Crippen molar-refractivity contribution in [2.45, 2.75) is 51.6 Å². The maximum atomic E-state index is 12.3. The second-order valence-electron chi connectivity index (χ2n) is 5.13. The van der Waals surface area contributed by atoms with E-state index in [4.69, 9.17) is 0 Å². The Kier molecular flexibility index (Phi) is 4.70. The van der Waals surface area contributed by atoms with Gasteiger partial charge in [0.05, 0.1) is 0 Å². The number of carbonyl (C=O) groups excluding carboxylic acids is 1. The zero-order chi connectivity index (χ0) is 14.5. The maximum absolute atomic E-state index is 12.3. The predicted octanol–water partition coefficient (Wildman–Crippen LogP) is 1.97. The van der Waals surface area contributed by atoms with Crippen molar-refractivity contribution in [2.75, 3.05) is 6.54 Å². The Bertz CT molecular complexity index is 480. The van der Waals surface area contributed by atoms with Crippen molar-refractivity contribution < 1.29 is 9.72 Å². The van der Waals surface area contributed by atoms with Crippen LogP contribution in [-0.4, -0.2) is 37.9 Å². The quantitative estimate of drug-likeness (QED) is 0.610. The molecule has 0 N–H and O–H groups in total. The van der Waals surface area contributed by atoms with E-state index in [0.717, 1.165) is 12.8 Å². The maximum Gasteiger partial charge on any atom is 0.381 e. The molecule has 7 heteroatoms. The van der Waals surface area contributed by atoms with Crippen LogP contribution in [0.1, 0.15) is 39.0 Å². The van der Waals surface area contributed by atoms with Gasteiger partial charge in [-0.3, -0.25) is 4.79 Å². The Morgan fingerprint density at radius 3 is 2.75 bits per heavy atom. The van der Waals surface area contributed by atoms with E-state index in [2.05, 4.69) is 4.98 Å². The van der Waals surface area contributed by atoms with Gasteiger partial charge in [0.2, 0.25) is 12.2 Å². The van der Waals surface area contributed by atoms with Gasteiger partial charge in [0.1, 0.15) is 12.7 Å². The molecule has 7 nitrogen and oxygen atoms in total. The zero-order valence-corrected chi connectivity index (χ0v) is 11.7. The summed E-state index contributed by atoms with van der Waals surface area (Å²) in [5.74, 6) is -0.217. The molecule has 110 valence electrons. The molecule has 2 rings (SSSR count). The molecular weight excluding hydrogens is 260 g/mol. The van der Waals surface area contributed by atoms with Gasteiger partial charge in [0.15, 0.2) is 0 Å². The van der Waals surface area contributed by atoms with Gasteiger partial charge in [-0.25, -0.2) is 0 Å². The van der Waals surface area contributed by atoms with Crippen LogP contribution < -0.4 is 0 Å². The number of nitro groups is 1. The largest absolute Gasteiger partial charge is 0.381 e. The van der Waals surface area contributed by atoms with E-state index in [0.29, 0.717) is 12.6 Å². The van der Waals surface area contributed by atoms with Crippen LogP contribution in [0.25, 0.3) is 0 Å². The fourth-order valence-corrected chi connectivity index (χ4v) is 2.81. The van der Waals surface area contributed by atoms with Gasteiger partial charge in [0.25, 0.3) is 0 Å². The number of aromatic nitrogens is 2. The molecule has 0 spiro atoms. The highest BCUT2D eigenvalue weighted by atomic mass is 16.6. The van der Waals surface area contributed by atoms with Crippen molar-refractivity contribution in [3.05, 3.63) is 22.6 Å². The van der Waals surface area contributed by atoms with Crippen molar-refractivity contribution in [3.8, 4) is 0 Å². The monoisotopic (exact) mass is 280 g/mol. The molecule has 1 aromatic rings. The van der Waals surface area contributed by atoms with Crippen LogP contribution in [0.5, 0.6) is 0 Å². The molecule has 1 aliphatic carbocycles. The molecule has 1 fully saturated rings. The van der Waals surface area contributed by atoms with Crippen molar-refractivity contribution in [2.24, 2.45) is 0 Å². The lowest BCUT2D eigenvalue weighted by molar-refractivity contribution is -0.389. The number of rotatable bonds is 5. The first-order valence-corrected chi connectivity index (χ1v) is 7.07. The van der Waals surface area contributed by atoms with E-state index in [-0.39, 0.29) is 18.3 Å². The molecular formula is C13H20N4O3. The van der Waals surface area contributed by atoms with E-state index >= 15 is 0 Å². The molecule has 20 heavy (non-hydrogen) atoms. The molecule has 0 unspecified atom stereocenters. The van der Waals surface area contributed by atoms with E-state index in [1.807, 2.05) is 11.8 Å². The van der Waals surface area contributed by atoms with Crippen molar-refractivity contribution in [1.82, 2.24) is 14.5 Å². The predicted molar refractivity (Wildman–Crippen MR) is 73.1 cm³/mol. The normalized spacial score (nSPS) is 16.1. The first-order chi connectivity index (χ1) is 9.61. The fraction of sp³-hybridized carbons (Fsp3) is 0.692.